The third-order valence-electron chi connectivity index (χ3n) is 3.92. The molecule has 0 spiro atoms. The van der Waals surface area contributed by atoms with Crippen LogP contribution in [0.5, 0.6) is 0 Å². The van der Waals surface area contributed by atoms with E-state index in [1.165, 1.54) is 11.1 Å². The minimum absolute atomic E-state index is 0.0927. The van der Waals surface area contributed by atoms with Gasteiger partial charge >= 0.3 is 0 Å². The van der Waals surface area contributed by atoms with Crippen LogP contribution in [0.1, 0.15) is 13.3 Å². The van der Waals surface area contributed by atoms with Gasteiger partial charge in [0.2, 0.25) is 5.91 Å². The molecule has 3 aliphatic heterocycles. The number of hydrogen-bond donors (Lipinski definition) is 2. The molecule has 0 saturated carbocycles. The Morgan fingerprint density at radius 3 is 2.89 bits per heavy atom. The number of allylic oxidation sites excluding steroid dienone is 1. The molecular weight excluding hydrogens is 254 g/mol. The number of nitrogens with zero attached hydrogens (tertiary/aromatic N) is 1. The summed E-state index contributed by atoms with van der Waals surface area (Å²) < 4.78 is 11.0. The lowest BCUT2D eigenvalue weighted by atomic mass is 10.00. The van der Waals surface area contributed by atoms with E-state index in [9.17, 15) is 19.8 Å². The summed E-state index contributed by atoms with van der Waals surface area (Å²) in [6.07, 6.45) is -1.28. The Morgan fingerprint density at radius 1 is 1.53 bits per heavy atom. The van der Waals surface area contributed by atoms with E-state index in [1.54, 1.807) is 6.92 Å². The van der Waals surface area contributed by atoms with Crippen LogP contribution < -0.4 is 0 Å². The summed E-state index contributed by atoms with van der Waals surface area (Å²) in [4.78, 5) is 24.6. The van der Waals surface area contributed by atoms with E-state index < -0.39 is 29.9 Å². The zero-order valence-electron chi connectivity index (χ0n) is 10.4. The van der Waals surface area contributed by atoms with Crippen LogP contribution in [0.15, 0.2) is 11.8 Å². The summed E-state index contributed by atoms with van der Waals surface area (Å²) in [6, 6.07) is 0. The third kappa shape index (κ3) is 1.66. The maximum Gasteiger partial charge on any atom is 0.236 e. The smallest absolute Gasteiger partial charge is 0.236 e. The molecule has 1 amide bonds. The molecule has 3 heterocycles. The third-order valence-corrected chi connectivity index (χ3v) is 3.92. The van der Waals surface area contributed by atoms with Crippen molar-refractivity contribution in [3.8, 4) is 0 Å². The monoisotopic (exact) mass is 269 g/mol. The normalized spacial score (nSPS) is 41.9. The van der Waals surface area contributed by atoms with E-state index in [0.29, 0.717) is 5.57 Å². The number of fused-ring (bicyclic) bond motifs is 2. The van der Waals surface area contributed by atoms with Gasteiger partial charge in [0.05, 0.1) is 19.6 Å². The Balaban J connectivity index is 1.89. The van der Waals surface area contributed by atoms with Crippen LogP contribution in [0, 0.1) is 0 Å². The van der Waals surface area contributed by atoms with Gasteiger partial charge in [-0.3, -0.25) is 14.5 Å². The van der Waals surface area contributed by atoms with Crippen LogP contribution in [-0.4, -0.2) is 64.1 Å². The van der Waals surface area contributed by atoms with Crippen molar-refractivity contribution in [1.82, 2.24) is 4.90 Å². The molecule has 0 unspecified atom stereocenters. The van der Waals surface area contributed by atoms with E-state index in [-0.39, 0.29) is 25.4 Å². The van der Waals surface area contributed by atoms with E-state index in [2.05, 4.69) is 0 Å². The number of rotatable bonds is 2. The van der Waals surface area contributed by atoms with E-state index in [1.807, 2.05) is 0 Å². The van der Waals surface area contributed by atoms with Gasteiger partial charge in [0.25, 0.3) is 0 Å². The highest BCUT2D eigenvalue weighted by molar-refractivity contribution is 6.09. The molecule has 0 radical (unpaired) electrons. The number of hydrogen-bond acceptors (Lipinski definition) is 6. The number of Topliss-reactive ketones (excluding diaryl/α,β-unsaturated/α-hetero) is 1. The summed E-state index contributed by atoms with van der Waals surface area (Å²) in [5, 5.41) is 19.4. The van der Waals surface area contributed by atoms with Crippen LogP contribution in [-0.2, 0) is 19.1 Å². The van der Waals surface area contributed by atoms with Gasteiger partial charge in [-0.1, -0.05) is 0 Å². The lowest BCUT2D eigenvalue weighted by molar-refractivity contribution is -0.201. The maximum atomic E-state index is 11.9. The summed E-state index contributed by atoms with van der Waals surface area (Å²) in [5.74, 6) is -0.611. The number of aliphatic hydroxyl groups excluding tert-OH is 2. The lowest BCUT2D eigenvalue weighted by Crippen LogP contribution is -2.50. The van der Waals surface area contributed by atoms with Gasteiger partial charge in [-0.25, -0.2) is 0 Å². The van der Waals surface area contributed by atoms with Crippen LogP contribution in [0.3, 0.4) is 0 Å². The summed E-state index contributed by atoms with van der Waals surface area (Å²) >= 11 is 0. The predicted molar refractivity (Wildman–Crippen MR) is 60.7 cm³/mol. The lowest BCUT2D eigenvalue weighted by Gasteiger charge is -2.35. The topological polar surface area (TPSA) is 96.3 Å². The highest BCUT2D eigenvalue weighted by Crippen LogP contribution is 2.41. The minimum atomic E-state index is -1.17. The Kier molecular flexibility index (Phi) is 2.75. The Morgan fingerprint density at radius 2 is 2.26 bits per heavy atom. The van der Waals surface area contributed by atoms with Crippen LogP contribution in [0.25, 0.3) is 0 Å². The molecule has 7 nitrogen and oxygen atoms in total. The van der Waals surface area contributed by atoms with E-state index in [4.69, 9.17) is 9.47 Å². The average Bonchev–Trinajstić information content (AvgIpc) is 2.85. The second-order valence-electron chi connectivity index (χ2n) is 5.16. The number of carbonyl (C=O) groups excluding carboxylic acids is 2. The second-order valence-corrected chi connectivity index (χ2v) is 5.16. The highest BCUT2D eigenvalue weighted by Gasteiger charge is 2.62. The molecule has 0 aromatic carbocycles. The Bertz CT molecular complexity index is 475. The fraction of sp³-hybridized carbons (Fsp3) is 0.667. The Hall–Kier alpha value is -1.28. The quantitative estimate of drug-likeness (QED) is 0.595. The summed E-state index contributed by atoms with van der Waals surface area (Å²) in [6.45, 7) is 1.33. The van der Waals surface area contributed by atoms with Gasteiger partial charge < -0.3 is 19.7 Å². The van der Waals surface area contributed by atoms with Crippen molar-refractivity contribution in [3.63, 3.8) is 0 Å². The Labute approximate surface area is 109 Å². The molecular formula is C12H15NO6. The van der Waals surface area contributed by atoms with Crippen molar-refractivity contribution in [1.29, 1.82) is 0 Å². The number of ketones is 1. The van der Waals surface area contributed by atoms with Crippen molar-refractivity contribution < 1.29 is 29.3 Å². The minimum Gasteiger partial charge on any atom is -0.393 e. The average molecular weight is 269 g/mol. The first-order chi connectivity index (χ1) is 8.98. The maximum absolute atomic E-state index is 11.9. The standard InChI is InChI=1S/C12H15NO6/c1-6-3-13(8(16)2-7(6)15)11-9-10(17)12(4-14,19-11)5-18-9/h3,9-11,14,17H,2,4-5H2,1H3/t9-,10+,11-,12+/m1/s1. The van der Waals surface area contributed by atoms with E-state index in [0.717, 1.165) is 0 Å². The molecule has 3 rings (SSSR count). The first-order valence-corrected chi connectivity index (χ1v) is 6.10. The van der Waals surface area contributed by atoms with Gasteiger partial charge in [0.15, 0.2) is 12.0 Å². The van der Waals surface area contributed by atoms with Crippen LogP contribution in [0.2, 0.25) is 0 Å². The van der Waals surface area contributed by atoms with Gasteiger partial charge in [-0.05, 0) is 6.92 Å². The molecule has 0 aromatic heterocycles. The molecule has 0 aromatic rings. The van der Waals surface area contributed by atoms with Gasteiger partial charge in [-0.15, -0.1) is 0 Å². The molecule has 3 aliphatic rings. The zero-order chi connectivity index (χ0) is 13.8. The molecule has 4 atom stereocenters. The molecule has 2 saturated heterocycles. The molecule has 2 fully saturated rings. The molecule has 7 heteroatoms. The van der Waals surface area contributed by atoms with Crippen molar-refractivity contribution in [2.24, 2.45) is 0 Å². The van der Waals surface area contributed by atoms with Crippen molar-refractivity contribution in [3.05, 3.63) is 11.8 Å². The fourth-order valence-corrected chi connectivity index (χ4v) is 2.69. The van der Waals surface area contributed by atoms with Crippen molar-refractivity contribution in [2.45, 2.75) is 37.4 Å². The molecule has 19 heavy (non-hydrogen) atoms. The van der Waals surface area contributed by atoms with Gasteiger partial charge in [0.1, 0.15) is 17.8 Å². The second kappa shape index (κ2) is 4.11. The number of carbonyl (C=O) groups is 2. The highest BCUT2D eigenvalue weighted by atomic mass is 16.7. The largest absolute Gasteiger partial charge is 0.393 e. The van der Waals surface area contributed by atoms with Gasteiger partial charge in [0, 0.05) is 11.8 Å². The SMILES string of the molecule is CC1=CN([C@@H]2O[C@@]3(CO)CO[C@@H]2[C@@H]3O)C(=O)CC1=O. The molecule has 104 valence electrons. The van der Waals surface area contributed by atoms with Crippen molar-refractivity contribution >= 4 is 11.7 Å². The molecule has 2 bridgehead atoms. The van der Waals surface area contributed by atoms with Crippen LogP contribution in [0.4, 0.5) is 0 Å². The van der Waals surface area contributed by atoms with Gasteiger partial charge in [-0.2, -0.15) is 0 Å². The van der Waals surface area contributed by atoms with Crippen LogP contribution >= 0.6 is 0 Å². The summed E-state index contributed by atoms with van der Waals surface area (Å²) in [5.41, 5.74) is -0.711. The number of ether oxygens (including phenoxy) is 2. The predicted octanol–water partition coefficient (Wildman–Crippen LogP) is -1.46. The fourth-order valence-electron chi connectivity index (χ4n) is 2.69. The molecule has 2 N–H and O–H groups in total. The first-order valence-electron chi connectivity index (χ1n) is 6.10. The first kappa shape index (κ1) is 12.7. The van der Waals surface area contributed by atoms with E-state index >= 15 is 0 Å². The zero-order valence-corrected chi connectivity index (χ0v) is 10.4. The van der Waals surface area contributed by atoms with Crippen molar-refractivity contribution in [2.75, 3.05) is 13.2 Å². The molecule has 0 aliphatic carbocycles. The number of aliphatic hydroxyl groups is 2. The summed E-state index contributed by atoms with van der Waals surface area (Å²) in [7, 11) is 0. The number of amides is 1.